The minimum atomic E-state index is -1.20. The van der Waals surface area contributed by atoms with E-state index in [1.165, 1.54) is 0 Å². The molecule has 2 aromatic rings. The maximum atomic E-state index is 13.5. The number of nitrogens with one attached hydrogen (secondary N) is 2. The van der Waals surface area contributed by atoms with Crippen molar-refractivity contribution in [2.24, 2.45) is 0 Å². The lowest BCUT2D eigenvalue weighted by Gasteiger charge is -2.09. The Morgan fingerprint density at radius 3 is 2.33 bits per heavy atom. The second-order valence-corrected chi connectivity index (χ2v) is 5.33. The number of hydrogen-bond donors (Lipinski definition) is 3. The quantitative estimate of drug-likeness (QED) is 0.687. The van der Waals surface area contributed by atoms with Gasteiger partial charge in [0.1, 0.15) is 5.82 Å². The Morgan fingerprint density at radius 1 is 1.05 bits per heavy atom. The maximum Gasteiger partial charge on any atom is 0.335 e. The van der Waals surface area contributed by atoms with Crippen molar-refractivity contribution in [2.45, 2.75) is 0 Å². The summed E-state index contributed by atoms with van der Waals surface area (Å²) in [6.45, 7) is 0. The van der Waals surface area contributed by atoms with Gasteiger partial charge in [-0.25, -0.2) is 14.0 Å². The number of aromatic carboxylic acids is 1. The Morgan fingerprint density at radius 2 is 1.71 bits per heavy atom. The number of carboxylic acids is 1. The number of hydrogen-bond acceptors (Lipinski definition) is 2. The van der Waals surface area contributed by atoms with Gasteiger partial charge in [-0.15, -0.1) is 0 Å². The third kappa shape index (κ3) is 4.15. The molecule has 3 N–H and O–H groups in total. The van der Waals surface area contributed by atoms with Gasteiger partial charge in [0.2, 0.25) is 0 Å². The summed E-state index contributed by atoms with van der Waals surface area (Å²) in [5.74, 6) is -1.91. The number of anilines is 2. The van der Waals surface area contributed by atoms with Crippen molar-refractivity contribution in [3.05, 3.63) is 57.4 Å². The second kappa shape index (κ2) is 6.53. The van der Waals surface area contributed by atoms with Crippen LogP contribution < -0.4 is 10.6 Å². The van der Waals surface area contributed by atoms with Crippen LogP contribution in [0.1, 0.15) is 10.4 Å². The molecule has 0 saturated heterocycles. The average molecular weight is 400 g/mol. The van der Waals surface area contributed by atoms with Gasteiger partial charge in [0.05, 0.1) is 11.3 Å². The highest BCUT2D eigenvalue weighted by molar-refractivity contribution is 14.1. The van der Waals surface area contributed by atoms with Gasteiger partial charge < -0.3 is 15.7 Å². The van der Waals surface area contributed by atoms with Crippen molar-refractivity contribution >= 4 is 46.0 Å². The molecule has 0 radical (unpaired) electrons. The molecule has 2 rings (SSSR count). The molecule has 0 unspecified atom stereocenters. The van der Waals surface area contributed by atoms with E-state index in [9.17, 15) is 14.0 Å². The minimum Gasteiger partial charge on any atom is -0.478 e. The van der Waals surface area contributed by atoms with Crippen LogP contribution in [-0.4, -0.2) is 17.1 Å². The first-order valence-electron chi connectivity index (χ1n) is 5.82. The lowest BCUT2D eigenvalue weighted by molar-refractivity contribution is 0.0697. The van der Waals surface area contributed by atoms with Crippen LogP contribution in [0.4, 0.5) is 20.6 Å². The van der Waals surface area contributed by atoms with E-state index in [1.807, 2.05) is 12.1 Å². The second-order valence-electron chi connectivity index (χ2n) is 4.09. The molecule has 0 aromatic heterocycles. The predicted octanol–water partition coefficient (Wildman–Crippen LogP) is 3.77. The van der Waals surface area contributed by atoms with Gasteiger partial charge >= 0.3 is 12.0 Å². The molecule has 0 fully saturated rings. The Bertz CT molecular complexity index is 689. The van der Waals surface area contributed by atoms with Gasteiger partial charge in [-0.3, -0.25) is 0 Å². The zero-order valence-corrected chi connectivity index (χ0v) is 12.7. The molecule has 0 bridgehead atoms. The first-order chi connectivity index (χ1) is 9.95. The average Bonchev–Trinajstić information content (AvgIpc) is 2.43. The highest BCUT2D eigenvalue weighted by Crippen LogP contribution is 2.17. The van der Waals surface area contributed by atoms with E-state index in [0.717, 1.165) is 21.8 Å². The van der Waals surface area contributed by atoms with E-state index >= 15 is 0 Å². The molecule has 108 valence electrons. The van der Waals surface area contributed by atoms with Crippen LogP contribution >= 0.6 is 22.6 Å². The van der Waals surface area contributed by atoms with E-state index in [2.05, 4.69) is 33.2 Å². The molecule has 2 amide bonds. The van der Waals surface area contributed by atoms with Gasteiger partial charge in [-0.05, 0) is 65.1 Å². The molecule has 2 aromatic carbocycles. The molecule has 0 aliphatic heterocycles. The largest absolute Gasteiger partial charge is 0.478 e. The Kier molecular flexibility index (Phi) is 4.73. The Labute approximate surface area is 133 Å². The smallest absolute Gasteiger partial charge is 0.335 e. The number of carbonyl (C=O) groups excluding carboxylic acids is 1. The van der Waals surface area contributed by atoms with Crippen LogP contribution in [-0.2, 0) is 0 Å². The third-order valence-corrected chi connectivity index (χ3v) is 3.28. The first kappa shape index (κ1) is 15.2. The molecule has 5 nitrogen and oxygen atoms in total. The molecule has 0 aliphatic rings. The van der Waals surface area contributed by atoms with Crippen molar-refractivity contribution in [1.29, 1.82) is 0 Å². The summed E-state index contributed by atoms with van der Waals surface area (Å²) >= 11 is 2.13. The molecule has 0 saturated carbocycles. The summed E-state index contributed by atoms with van der Waals surface area (Å²) in [6, 6.07) is 9.53. The normalized spacial score (nSPS) is 10.0. The third-order valence-electron chi connectivity index (χ3n) is 2.56. The summed E-state index contributed by atoms with van der Waals surface area (Å²) in [5.41, 5.74) is 0.238. The fourth-order valence-electron chi connectivity index (χ4n) is 1.57. The van der Waals surface area contributed by atoms with Crippen molar-refractivity contribution < 1.29 is 19.1 Å². The standard InChI is InChI=1S/C14H10FIN2O3/c15-11-6-1-8(13(19)20)7-12(11)18-14(21)17-10-4-2-9(16)3-5-10/h1-7H,(H,19,20)(H2,17,18,21). The summed E-state index contributed by atoms with van der Waals surface area (Å²) < 4.78 is 14.6. The highest BCUT2D eigenvalue weighted by Gasteiger charge is 2.11. The number of urea groups is 1. The van der Waals surface area contributed by atoms with Gasteiger partial charge in [0.25, 0.3) is 0 Å². The van der Waals surface area contributed by atoms with E-state index in [1.54, 1.807) is 12.1 Å². The molecular weight excluding hydrogens is 390 g/mol. The molecule has 21 heavy (non-hydrogen) atoms. The van der Waals surface area contributed by atoms with Gasteiger partial charge in [-0.1, -0.05) is 0 Å². The minimum absolute atomic E-state index is 0.110. The van der Waals surface area contributed by atoms with Crippen molar-refractivity contribution in [3.63, 3.8) is 0 Å². The molecular formula is C14H10FIN2O3. The maximum absolute atomic E-state index is 13.5. The van der Waals surface area contributed by atoms with Crippen molar-refractivity contribution in [2.75, 3.05) is 10.6 Å². The van der Waals surface area contributed by atoms with E-state index in [4.69, 9.17) is 5.11 Å². The zero-order valence-electron chi connectivity index (χ0n) is 10.6. The summed E-state index contributed by atoms with van der Waals surface area (Å²) in [5, 5.41) is 13.6. The predicted molar refractivity (Wildman–Crippen MR) is 85.2 cm³/mol. The SMILES string of the molecule is O=C(Nc1ccc(I)cc1)Nc1cc(C(=O)O)ccc1F. The van der Waals surface area contributed by atoms with Crippen LogP contribution in [0.5, 0.6) is 0 Å². The topological polar surface area (TPSA) is 78.4 Å². The van der Waals surface area contributed by atoms with Crippen LogP contribution in [0.25, 0.3) is 0 Å². The molecule has 0 aliphatic carbocycles. The lowest BCUT2D eigenvalue weighted by Crippen LogP contribution is -2.20. The van der Waals surface area contributed by atoms with Crippen molar-refractivity contribution in [1.82, 2.24) is 0 Å². The number of benzene rings is 2. The highest BCUT2D eigenvalue weighted by atomic mass is 127. The summed E-state index contributed by atoms with van der Waals surface area (Å²) in [6.07, 6.45) is 0. The first-order valence-corrected chi connectivity index (χ1v) is 6.90. The van der Waals surface area contributed by atoms with Gasteiger partial charge in [0, 0.05) is 9.26 Å². The fraction of sp³-hybridized carbons (Fsp3) is 0. The number of carbonyl (C=O) groups is 2. The molecule has 0 atom stereocenters. The van der Waals surface area contributed by atoms with Crippen LogP contribution in [0, 0.1) is 9.39 Å². The van der Waals surface area contributed by atoms with Crippen molar-refractivity contribution in [3.8, 4) is 0 Å². The molecule has 0 spiro atoms. The Hall–Kier alpha value is -2.16. The van der Waals surface area contributed by atoms with Crippen LogP contribution in [0.3, 0.4) is 0 Å². The number of rotatable bonds is 3. The summed E-state index contributed by atoms with van der Waals surface area (Å²) in [4.78, 5) is 22.6. The van der Waals surface area contributed by atoms with E-state index in [0.29, 0.717) is 5.69 Å². The van der Waals surface area contributed by atoms with E-state index < -0.39 is 17.8 Å². The summed E-state index contributed by atoms with van der Waals surface area (Å²) in [7, 11) is 0. The number of carboxylic acid groups (broad SMARTS) is 1. The Balaban J connectivity index is 2.10. The number of halogens is 2. The fourth-order valence-corrected chi connectivity index (χ4v) is 1.93. The lowest BCUT2D eigenvalue weighted by atomic mass is 10.2. The van der Waals surface area contributed by atoms with Gasteiger partial charge in [0.15, 0.2) is 0 Å². The van der Waals surface area contributed by atoms with Crippen LogP contribution in [0.2, 0.25) is 0 Å². The number of amides is 2. The molecule has 7 heteroatoms. The monoisotopic (exact) mass is 400 g/mol. The molecule has 0 heterocycles. The van der Waals surface area contributed by atoms with Crippen LogP contribution in [0.15, 0.2) is 42.5 Å². The zero-order chi connectivity index (χ0) is 15.4. The van der Waals surface area contributed by atoms with E-state index in [-0.39, 0.29) is 11.3 Å². The van der Waals surface area contributed by atoms with Gasteiger partial charge in [-0.2, -0.15) is 0 Å².